The summed E-state index contributed by atoms with van der Waals surface area (Å²) in [4.78, 5) is 28.8. The highest BCUT2D eigenvalue weighted by Crippen LogP contribution is 2.37. The number of rotatable bonds is 8. The van der Waals surface area contributed by atoms with Crippen molar-refractivity contribution in [1.29, 1.82) is 0 Å². The van der Waals surface area contributed by atoms with E-state index in [9.17, 15) is 14.7 Å². The lowest BCUT2D eigenvalue weighted by Crippen LogP contribution is -2.41. The van der Waals surface area contributed by atoms with Crippen LogP contribution in [-0.4, -0.2) is 28.0 Å². The van der Waals surface area contributed by atoms with Gasteiger partial charge >= 0.3 is 5.97 Å². The van der Waals surface area contributed by atoms with Gasteiger partial charge in [-0.1, -0.05) is 72.4 Å². The summed E-state index contributed by atoms with van der Waals surface area (Å²) in [6, 6.07) is 24.3. The number of carbonyl (C=O) groups excluding carboxylic acids is 1. The van der Waals surface area contributed by atoms with Gasteiger partial charge < -0.3 is 21.1 Å². The largest absolute Gasteiger partial charge is 0.477 e. The molecule has 3 aromatic carbocycles. The van der Waals surface area contributed by atoms with Gasteiger partial charge in [0, 0.05) is 22.3 Å². The molecule has 0 bridgehead atoms. The predicted octanol–water partition coefficient (Wildman–Crippen LogP) is 4.20. The average molecular weight is 446 g/mol. The number of hydrogen-bond donors (Lipinski definition) is 4. The normalized spacial score (nSPS) is 11.9. The Hall–Kier alpha value is -3.55. The maximum absolute atomic E-state index is 12.4. The predicted molar refractivity (Wildman–Crippen MR) is 126 cm³/mol. The first-order valence-electron chi connectivity index (χ1n) is 10.2. The first-order chi connectivity index (χ1) is 15.5. The lowest BCUT2D eigenvalue weighted by molar-refractivity contribution is -0.122. The molecule has 1 aromatic heterocycles. The third-order valence-electron chi connectivity index (χ3n) is 5.09. The lowest BCUT2D eigenvalue weighted by Gasteiger charge is -2.12. The van der Waals surface area contributed by atoms with Crippen LogP contribution in [0.4, 0.5) is 0 Å². The van der Waals surface area contributed by atoms with Crippen molar-refractivity contribution in [2.75, 3.05) is 0 Å². The zero-order valence-corrected chi connectivity index (χ0v) is 18.1. The van der Waals surface area contributed by atoms with Crippen LogP contribution in [0, 0.1) is 0 Å². The molecule has 5 N–H and O–H groups in total. The average Bonchev–Trinajstić information content (AvgIpc) is 3.16. The first-order valence-corrected chi connectivity index (χ1v) is 11.0. The molecular formula is C25H23N3O3S. The molecule has 0 saturated heterocycles. The van der Waals surface area contributed by atoms with Crippen LogP contribution >= 0.6 is 11.8 Å². The molecule has 0 aliphatic carbocycles. The molecule has 4 aromatic rings. The van der Waals surface area contributed by atoms with Gasteiger partial charge in [0.05, 0.1) is 10.9 Å². The van der Waals surface area contributed by atoms with E-state index in [0.29, 0.717) is 23.4 Å². The molecule has 0 aliphatic rings. The second kappa shape index (κ2) is 9.72. The van der Waals surface area contributed by atoms with E-state index in [-0.39, 0.29) is 11.6 Å². The summed E-state index contributed by atoms with van der Waals surface area (Å²) in [6.45, 7) is 0.305. The van der Waals surface area contributed by atoms with Crippen LogP contribution in [-0.2, 0) is 17.8 Å². The van der Waals surface area contributed by atoms with Crippen LogP contribution < -0.4 is 11.1 Å². The van der Waals surface area contributed by atoms with E-state index < -0.39 is 12.0 Å². The number of carboxylic acids is 1. The van der Waals surface area contributed by atoms with Gasteiger partial charge in [0.25, 0.3) is 0 Å². The molecule has 0 saturated carbocycles. The number of fused-ring (bicyclic) bond motifs is 1. The number of nitrogens with one attached hydrogen (secondary N) is 2. The highest BCUT2D eigenvalue weighted by molar-refractivity contribution is 7.99. The molecule has 6 nitrogen and oxygen atoms in total. The molecule has 7 heteroatoms. The van der Waals surface area contributed by atoms with E-state index in [1.807, 2.05) is 78.9 Å². The quantitative estimate of drug-likeness (QED) is 0.325. The number of hydrogen-bond acceptors (Lipinski definition) is 4. The molecule has 1 unspecified atom stereocenters. The summed E-state index contributed by atoms with van der Waals surface area (Å²) >= 11 is 1.41. The number of aromatic amines is 1. The number of carbonyl (C=O) groups is 2. The van der Waals surface area contributed by atoms with Crippen molar-refractivity contribution in [3.8, 4) is 0 Å². The fourth-order valence-electron chi connectivity index (χ4n) is 3.47. The minimum absolute atomic E-state index is 0.153. The van der Waals surface area contributed by atoms with Gasteiger partial charge in [-0.05, 0) is 35.7 Å². The van der Waals surface area contributed by atoms with E-state index in [1.165, 1.54) is 11.8 Å². The molecule has 0 radical (unpaired) electrons. The topological polar surface area (TPSA) is 108 Å². The maximum Gasteiger partial charge on any atom is 0.353 e. The number of aromatic carboxylic acids is 1. The fourth-order valence-corrected chi connectivity index (χ4v) is 4.53. The standard InChI is InChI=1S/C25H23N3O3S/c26-20(13-16-7-3-1-4-8-16)24(29)27-15-17-11-12-19-21(14-17)28-22(25(30)31)23(19)32-18-9-5-2-6-10-18/h1-12,14,20,28H,13,15,26H2,(H,27,29)(H,30,31). The Bertz CT molecular complexity index is 1240. The van der Waals surface area contributed by atoms with Crippen LogP contribution in [0.15, 0.2) is 88.7 Å². The Morgan fingerprint density at radius 1 is 0.969 bits per heavy atom. The van der Waals surface area contributed by atoms with Crippen LogP contribution in [0.25, 0.3) is 10.9 Å². The Kier molecular flexibility index (Phi) is 6.58. The molecule has 162 valence electrons. The van der Waals surface area contributed by atoms with Crippen molar-refractivity contribution in [3.63, 3.8) is 0 Å². The lowest BCUT2D eigenvalue weighted by atomic mass is 10.1. The molecule has 0 fully saturated rings. The highest BCUT2D eigenvalue weighted by atomic mass is 32.2. The van der Waals surface area contributed by atoms with Crippen molar-refractivity contribution in [1.82, 2.24) is 10.3 Å². The maximum atomic E-state index is 12.4. The van der Waals surface area contributed by atoms with Gasteiger partial charge in [0.1, 0.15) is 5.69 Å². The molecule has 0 aliphatic heterocycles. The molecule has 0 spiro atoms. The zero-order valence-electron chi connectivity index (χ0n) is 17.2. The second-order valence-electron chi connectivity index (χ2n) is 7.44. The zero-order chi connectivity index (χ0) is 22.5. The van der Waals surface area contributed by atoms with Crippen LogP contribution in [0.1, 0.15) is 21.6 Å². The van der Waals surface area contributed by atoms with Crippen LogP contribution in [0.5, 0.6) is 0 Å². The minimum Gasteiger partial charge on any atom is -0.477 e. The Balaban J connectivity index is 1.48. The van der Waals surface area contributed by atoms with Gasteiger partial charge in [0.2, 0.25) is 5.91 Å². The molecule has 1 atom stereocenters. The van der Waals surface area contributed by atoms with Crippen molar-refractivity contribution >= 4 is 34.5 Å². The first kappa shape index (κ1) is 21.7. The van der Waals surface area contributed by atoms with E-state index in [1.54, 1.807) is 0 Å². The number of H-pyrrole nitrogens is 1. The summed E-state index contributed by atoms with van der Waals surface area (Å²) in [5.74, 6) is -1.24. The Morgan fingerprint density at radius 3 is 2.34 bits per heavy atom. The van der Waals surface area contributed by atoms with Gasteiger partial charge in [-0.25, -0.2) is 4.79 Å². The van der Waals surface area contributed by atoms with Crippen molar-refractivity contribution in [2.24, 2.45) is 5.73 Å². The van der Waals surface area contributed by atoms with E-state index in [4.69, 9.17) is 5.73 Å². The van der Waals surface area contributed by atoms with Crippen molar-refractivity contribution in [3.05, 3.63) is 95.7 Å². The number of benzene rings is 3. The summed E-state index contributed by atoms with van der Waals surface area (Å²) < 4.78 is 0. The molecule has 1 amide bonds. The van der Waals surface area contributed by atoms with Crippen molar-refractivity contribution < 1.29 is 14.7 Å². The number of aromatic nitrogens is 1. The summed E-state index contributed by atoms with van der Waals surface area (Å²) in [7, 11) is 0. The highest BCUT2D eigenvalue weighted by Gasteiger charge is 2.19. The molecule has 32 heavy (non-hydrogen) atoms. The Labute approximate surface area is 189 Å². The smallest absolute Gasteiger partial charge is 0.353 e. The van der Waals surface area contributed by atoms with Gasteiger partial charge in [0.15, 0.2) is 0 Å². The third kappa shape index (κ3) is 5.01. The summed E-state index contributed by atoms with van der Waals surface area (Å²) in [5, 5.41) is 13.4. The fraction of sp³-hybridized carbons (Fsp3) is 0.120. The molecule has 1 heterocycles. The SMILES string of the molecule is NC(Cc1ccccc1)C(=O)NCc1ccc2c(Sc3ccccc3)c(C(=O)O)[nH]c2c1. The van der Waals surface area contributed by atoms with E-state index in [0.717, 1.165) is 21.4 Å². The van der Waals surface area contributed by atoms with Gasteiger partial charge in [-0.3, -0.25) is 4.79 Å². The molecular weight excluding hydrogens is 422 g/mol. The Morgan fingerprint density at radius 2 is 1.66 bits per heavy atom. The number of nitrogens with two attached hydrogens (primary N) is 1. The second-order valence-corrected chi connectivity index (χ2v) is 8.53. The van der Waals surface area contributed by atoms with Gasteiger partial charge in [-0.2, -0.15) is 0 Å². The number of carboxylic acid groups (broad SMARTS) is 1. The van der Waals surface area contributed by atoms with Gasteiger partial charge in [-0.15, -0.1) is 0 Å². The third-order valence-corrected chi connectivity index (χ3v) is 6.23. The minimum atomic E-state index is -1.01. The molecule has 4 rings (SSSR count). The number of amides is 1. The summed E-state index contributed by atoms with van der Waals surface area (Å²) in [6.07, 6.45) is 0.463. The van der Waals surface area contributed by atoms with Crippen LogP contribution in [0.2, 0.25) is 0 Å². The monoisotopic (exact) mass is 445 g/mol. The van der Waals surface area contributed by atoms with E-state index in [2.05, 4.69) is 10.3 Å². The van der Waals surface area contributed by atoms with Crippen molar-refractivity contribution in [2.45, 2.75) is 28.8 Å². The van der Waals surface area contributed by atoms with E-state index >= 15 is 0 Å². The van der Waals surface area contributed by atoms with Crippen LogP contribution in [0.3, 0.4) is 0 Å². The summed E-state index contributed by atoms with van der Waals surface area (Å²) in [5.41, 5.74) is 8.77.